The van der Waals surface area contributed by atoms with E-state index >= 15 is 0 Å². The summed E-state index contributed by atoms with van der Waals surface area (Å²) < 4.78 is 7.46. The lowest BCUT2D eigenvalue weighted by Gasteiger charge is -2.22. The van der Waals surface area contributed by atoms with E-state index in [4.69, 9.17) is 16.3 Å². The first-order chi connectivity index (χ1) is 12.0. The SMILES string of the molecule is CN(CCCNN)CC1OC(n2cnc3c(N)ncnc32)C(O)C1O. The molecule has 0 saturated carbocycles. The second kappa shape index (κ2) is 7.56. The summed E-state index contributed by atoms with van der Waals surface area (Å²) in [5, 5.41) is 20.8. The van der Waals surface area contributed by atoms with Crippen LogP contribution in [-0.2, 0) is 4.74 Å². The molecule has 0 aliphatic carbocycles. The summed E-state index contributed by atoms with van der Waals surface area (Å²) in [5.74, 6) is 5.50. The quantitative estimate of drug-likeness (QED) is 0.210. The number of likely N-dealkylation sites (N-methyl/N-ethyl adjacent to an activating group) is 1. The minimum atomic E-state index is -1.10. The number of hydrogen-bond donors (Lipinski definition) is 5. The number of hydrogen-bond acceptors (Lipinski definition) is 10. The van der Waals surface area contributed by atoms with Crippen molar-refractivity contribution in [1.29, 1.82) is 0 Å². The highest BCUT2D eigenvalue weighted by Crippen LogP contribution is 2.32. The fourth-order valence-corrected chi connectivity index (χ4v) is 3.02. The Kier molecular flexibility index (Phi) is 5.42. The number of nitrogen functional groups attached to an aromatic ring is 1. The molecule has 0 radical (unpaired) electrons. The molecule has 1 saturated heterocycles. The van der Waals surface area contributed by atoms with Crippen LogP contribution in [0.3, 0.4) is 0 Å². The number of anilines is 1. The van der Waals surface area contributed by atoms with Gasteiger partial charge in [-0.05, 0) is 20.0 Å². The molecule has 3 rings (SSSR count). The van der Waals surface area contributed by atoms with Crippen molar-refractivity contribution in [3.8, 4) is 0 Å². The molecule has 11 heteroatoms. The van der Waals surface area contributed by atoms with Gasteiger partial charge in [0.25, 0.3) is 0 Å². The Hall–Kier alpha value is -1.89. The highest BCUT2D eigenvalue weighted by molar-refractivity contribution is 5.81. The predicted molar refractivity (Wildman–Crippen MR) is 90.0 cm³/mol. The van der Waals surface area contributed by atoms with E-state index in [1.807, 2.05) is 11.9 Å². The summed E-state index contributed by atoms with van der Waals surface area (Å²) in [6, 6.07) is 0. The van der Waals surface area contributed by atoms with Crippen molar-refractivity contribution in [2.45, 2.75) is 31.0 Å². The second-order valence-corrected chi connectivity index (χ2v) is 6.20. The van der Waals surface area contributed by atoms with E-state index in [1.54, 1.807) is 4.57 Å². The van der Waals surface area contributed by atoms with Crippen LogP contribution in [-0.4, -0.2) is 79.6 Å². The summed E-state index contributed by atoms with van der Waals surface area (Å²) >= 11 is 0. The minimum Gasteiger partial charge on any atom is -0.387 e. The molecule has 25 heavy (non-hydrogen) atoms. The Morgan fingerprint density at radius 3 is 2.88 bits per heavy atom. The molecule has 0 bridgehead atoms. The Balaban J connectivity index is 1.72. The monoisotopic (exact) mass is 352 g/mol. The zero-order valence-electron chi connectivity index (χ0n) is 14.0. The summed E-state index contributed by atoms with van der Waals surface area (Å²) in [4.78, 5) is 14.2. The van der Waals surface area contributed by atoms with Crippen LogP contribution < -0.4 is 17.0 Å². The second-order valence-electron chi connectivity index (χ2n) is 6.20. The average molecular weight is 352 g/mol. The molecule has 3 heterocycles. The number of rotatable bonds is 7. The van der Waals surface area contributed by atoms with E-state index in [0.29, 0.717) is 24.3 Å². The van der Waals surface area contributed by atoms with Gasteiger partial charge in [-0.2, -0.15) is 0 Å². The van der Waals surface area contributed by atoms with Crippen molar-refractivity contribution >= 4 is 17.0 Å². The number of aliphatic hydroxyl groups is 2. The molecular weight excluding hydrogens is 328 g/mol. The van der Waals surface area contributed by atoms with Crippen LogP contribution in [0, 0.1) is 0 Å². The van der Waals surface area contributed by atoms with Crippen LogP contribution >= 0.6 is 0 Å². The maximum atomic E-state index is 10.4. The summed E-state index contributed by atoms with van der Waals surface area (Å²) in [7, 11) is 1.92. The normalized spacial score (nSPS) is 26.8. The molecule has 0 aromatic carbocycles. The van der Waals surface area contributed by atoms with E-state index in [-0.39, 0.29) is 5.82 Å². The number of fused-ring (bicyclic) bond motifs is 1. The van der Waals surface area contributed by atoms with Gasteiger partial charge in [0, 0.05) is 13.1 Å². The van der Waals surface area contributed by atoms with Gasteiger partial charge in [-0.15, -0.1) is 0 Å². The summed E-state index contributed by atoms with van der Waals surface area (Å²) in [5.41, 5.74) is 9.26. The molecule has 1 aliphatic heterocycles. The van der Waals surface area contributed by atoms with Crippen LogP contribution in [0.15, 0.2) is 12.7 Å². The number of aliphatic hydroxyl groups excluding tert-OH is 2. The molecular formula is C14H24N8O3. The van der Waals surface area contributed by atoms with Gasteiger partial charge in [0.1, 0.15) is 30.2 Å². The van der Waals surface area contributed by atoms with Crippen molar-refractivity contribution in [1.82, 2.24) is 29.8 Å². The number of nitrogens with zero attached hydrogens (tertiary/aromatic N) is 5. The van der Waals surface area contributed by atoms with Gasteiger partial charge in [-0.25, -0.2) is 15.0 Å². The van der Waals surface area contributed by atoms with E-state index < -0.39 is 24.5 Å². The third-order valence-electron chi connectivity index (χ3n) is 4.35. The average Bonchev–Trinajstić information content (AvgIpc) is 3.13. The van der Waals surface area contributed by atoms with Gasteiger partial charge < -0.3 is 25.6 Å². The molecule has 2 aromatic rings. The third kappa shape index (κ3) is 3.56. The van der Waals surface area contributed by atoms with Crippen LogP contribution in [0.25, 0.3) is 11.2 Å². The first-order valence-corrected chi connectivity index (χ1v) is 8.09. The molecule has 4 unspecified atom stereocenters. The van der Waals surface area contributed by atoms with Crippen LogP contribution in [0.4, 0.5) is 5.82 Å². The van der Waals surface area contributed by atoms with Crippen molar-refractivity contribution in [3.05, 3.63) is 12.7 Å². The maximum absolute atomic E-state index is 10.4. The largest absolute Gasteiger partial charge is 0.387 e. The molecule has 138 valence electrons. The zero-order valence-corrected chi connectivity index (χ0v) is 14.0. The lowest BCUT2D eigenvalue weighted by atomic mass is 10.1. The number of imidazole rings is 1. The predicted octanol–water partition coefficient (Wildman–Crippen LogP) is -2.19. The van der Waals surface area contributed by atoms with Gasteiger partial charge in [0.2, 0.25) is 0 Å². The third-order valence-corrected chi connectivity index (χ3v) is 4.35. The molecule has 11 nitrogen and oxygen atoms in total. The lowest BCUT2D eigenvalue weighted by Crippen LogP contribution is -2.39. The molecule has 7 N–H and O–H groups in total. The number of nitrogens with one attached hydrogen (secondary N) is 1. The summed E-state index contributed by atoms with van der Waals surface area (Å²) in [6.07, 6.45) is 0.226. The molecule has 0 amide bonds. The fourth-order valence-electron chi connectivity index (χ4n) is 3.02. The minimum absolute atomic E-state index is 0.251. The Labute approximate surface area is 144 Å². The Morgan fingerprint density at radius 2 is 2.12 bits per heavy atom. The first kappa shape index (κ1) is 17.9. The van der Waals surface area contributed by atoms with E-state index in [0.717, 1.165) is 13.0 Å². The molecule has 1 fully saturated rings. The van der Waals surface area contributed by atoms with Gasteiger partial charge in [-0.1, -0.05) is 0 Å². The smallest absolute Gasteiger partial charge is 0.167 e. The molecule has 4 atom stereocenters. The van der Waals surface area contributed by atoms with Crippen molar-refractivity contribution in [2.24, 2.45) is 5.84 Å². The molecule has 1 aliphatic rings. The van der Waals surface area contributed by atoms with Gasteiger partial charge >= 0.3 is 0 Å². The molecule has 2 aromatic heterocycles. The fraction of sp³-hybridized carbons (Fsp3) is 0.643. The van der Waals surface area contributed by atoms with E-state index in [1.165, 1.54) is 12.7 Å². The van der Waals surface area contributed by atoms with Crippen LogP contribution in [0.1, 0.15) is 12.6 Å². The Bertz CT molecular complexity index is 710. The number of aromatic nitrogens is 4. The van der Waals surface area contributed by atoms with Crippen LogP contribution in [0.2, 0.25) is 0 Å². The zero-order chi connectivity index (χ0) is 18.0. The number of ether oxygens (including phenoxy) is 1. The topological polar surface area (TPSA) is 161 Å². The first-order valence-electron chi connectivity index (χ1n) is 8.09. The summed E-state index contributed by atoms with van der Waals surface area (Å²) in [6.45, 7) is 1.96. The van der Waals surface area contributed by atoms with E-state index in [2.05, 4.69) is 20.4 Å². The highest BCUT2D eigenvalue weighted by atomic mass is 16.6. The van der Waals surface area contributed by atoms with E-state index in [9.17, 15) is 10.2 Å². The highest BCUT2D eigenvalue weighted by Gasteiger charge is 2.44. The Morgan fingerprint density at radius 1 is 1.32 bits per heavy atom. The van der Waals surface area contributed by atoms with Crippen LogP contribution in [0.5, 0.6) is 0 Å². The van der Waals surface area contributed by atoms with Gasteiger partial charge in [0.05, 0.1) is 6.33 Å². The number of nitrogens with two attached hydrogens (primary N) is 2. The molecule has 0 spiro atoms. The van der Waals surface area contributed by atoms with Gasteiger partial charge in [0.15, 0.2) is 17.7 Å². The maximum Gasteiger partial charge on any atom is 0.167 e. The lowest BCUT2D eigenvalue weighted by molar-refractivity contribution is -0.0422. The van der Waals surface area contributed by atoms with Crippen molar-refractivity contribution in [2.75, 3.05) is 32.4 Å². The van der Waals surface area contributed by atoms with Gasteiger partial charge in [-0.3, -0.25) is 15.8 Å². The number of hydrazine groups is 1. The van der Waals surface area contributed by atoms with Crippen molar-refractivity contribution < 1.29 is 14.9 Å². The van der Waals surface area contributed by atoms with Crippen molar-refractivity contribution in [3.63, 3.8) is 0 Å². The standard InChI is InChI=1S/C14H24N8O3/c1-21(4-2-3-20-16)5-8-10(23)11(24)14(25-8)22-7-19-9-12(15)17-6-18-13(9)22/h6-8,10-11,14,20,23-24H,2-5,16H2,1H3,(H2,15,17,18).